The Hall–Kier alpha value is -3.03. The van der Waals surface area contributed by atoms with E-state index in [1.807, 2.05) is 0 Å². The van der Waals surface area contributed by atoms with Gasteiger partial charge in [-0.05, 0) is 11.8 Å². The van der Waals surface area contributed by atoms with E-state index < -0.39 is 53.8 Å². The van der Waals surface area contributed by atoms with Crippen molar-refractivity contribution in [2.24, 2.45) is 17.6 Å². The summed E-state index contributed by atoms with van der Waals surface area (Å²) in [5.41, 5.74) is 5.88. The Morgan fingerprint density at radius 2 is 1.44 bits per heavy atom. The van der Waals surface area contributed by atoms with Crippen LogP contribution in [0.25, 0.3) is 0 Å². The third-order valence-electron chi connectivity index (χ3n) is 5.27. The highest BCUT2D eigenvalue weighted by Crippen LogP contribution is 2.08. The summed E-state index contributed by atoms with van der Waals surface area (Å²) in [6.07, 6.45) is 3.30. The zero-order valence-corrected chi connectivity index (χ0v) is 21.5. The maximum atomic E-state index is 13.1. The third-order valence-corrected chi connectivity index (χ3v) is 5.27. The van der Waals surface area contributed by atoms with E-state index in [-0.39, 0.29) is 44.8 Å². The summed E-state index contributed by atoms with van der Waals surface area (Å²) in [7, 11) is 1.18. The Morgan fingerprint density at radius 1 is 0.944 bits per heavy atom. The van der Waals surface area contributed by atoms with Crippen molar-refractivity contribution >= 4 is 29.6 Å². The molecule has 4 atom stereocenters. The topological polar surface area (TPSA) is 187 Å². The van der Waals surface area contributed by atoms with E-state index in [1.54, 1.807) is 39.8 Å². The molecule has 0 radical (unpaired) electrons. The second-order valence-corrected chi connectivity index (χ2v) is 8.97. The van der Waals surface area contributed by atoms with Gasteiger partial charge in [0.1, 0.15) is 30.7 Å². The molecular weight excluding hydrogens is 474 g/mol. The van der Waals surface area contributed by atoms with Crippen molar-refractivity contribution in [3.8, 4) is 0 Å². The van der Waals surface area contributed by atoms with Crippen LogP contribution in [0, 0.1) is 11.8 Å². The molecule has 0 unspecified atom stereocenters. The molecule has 204 valence electrons. The van der Waals surface area contributed by atoms with Gasteiger partial charge >= 0.3 is 5.97 Å². The first-order valence-electron chi connectivity index (χ1n) is 11.8. The van der Waals surface area contributed by atoms with Crippen LogP contribution >= 0.6 is 0 Å². The van der Waals surface area contributed by atoms with Gasteiger partial charge in [-0.2, -0.15) is 0 Å². The lowest BCUT2D eigenvalue weighted by molar-refractivity contribution is -0.141. The van der Waals surface area contributed by atoms with Crippen LogP contribution in [0.3, 0.4) is 0 Å². The molecule has 13 nitrogen and oxygen atoms in total. The highest BCUT2D eigenvalue weighted by atomic mass is 16.5. The lowest BCUT2D eigenvalue weighted by Gasteiger charge is -2.29. The molecule has 0 aromatic rings. The molecule has 4 amide bonds. The van der Waals surface area contributed by atoms with Crippen LogP contribution in [0.2, 0.25) is 0 Å². The van der Waals surface area contributed by atoms with Gasteiger partial charge in [-0.25, -0.2) is 0 Å². The van der Waals surface area contributed by atoms with Crippen molar-refractivity contribution in [2.45, 2.75) is 51.9 Å². The molecule has 1 aliphatic heterocycles. The molecule has 1 rings (SSSR count). The van der Waals surface area contributed by atoms with Gasteiger partial charge in [-0.1, -0.05) is 39.8 Å². The SMILES string of the molecule is COC(=O)CNC(=O)[C@@H]1COCC=CCOC[C@H](N)C(=O)N[C@@H](C(C)C)C(=O)N[C@@H](C(C)C)C(=O)N1. The van der Waals surface area contributed by atoms with Crippen LogP contribution in [0.4, 0.5) is 0 Å². The summed E-state index contributed by atoms with van der Waals surface area (Å²) in [5.74, 6) is -3.76. The Balaban J connectivity index is 3.15. The molecule has 0 spiro atoms. The lowest BCUT2D eigenvalue weighted by Crippen LogP contribution is -2.60. The molecule has 1 heterocycles. The zero-order valence-electron chi connectivity index (χ0n) is 21.5. The minimum absolute atomic E-state index is 0.0665. The maximum Gasteiger partial charge on any atom is 0.325 e. The molecule has 0 saturated carbocycles. The van der Waals surface area contributed by atoms with Crippen LogP contribution in [0.1, 0.15) is 27.7 Å². The van der Waals surface area contributed by atoms with E-state index in [9.17, 15) is 24.0 Å². The van der Waals surface area contributed by atoms with E-state index in [2.05, 4.69) is 26.0 Å². The number of carbonyl (C=O) groups excluding carboxylic acids is 5. The van der Waals surface area contributed by atoms with E-state index in [0.29, 0.717) is 0 Å². The van der Waals surface area contributed by atoms with Gasteiger partial charge in [-0.15, -0.1) is 0 Å². The Morgan fingerprint density at radius 3 is 1.97 bits per heavy atom. The number of carbonyl (C=O) groups is 5. The molecule has 1 aliphatic rings. The smallest absolute Gasteiger partial charge is 0.325 e. The summed E-state index contributed by atoms with van der Waals surface area (Å²) in [5, 5.41) is 10.2. The standard InChI is InChI=1S/C23H39N5O8/c1-13(2)18-22(32)26-16(21(31)25-10-17(29)34-5)12-36-9-7-6-8-35-11-15(24)20(30)27-19(14(3)4)23(33)28-18/h6-7,13-16,18-19H,8-12,24H2,1-5H3,(H,25,31)(H,26,32)(H,27,30)(H,28,33)/t15-,16-,18-,19-/m0/s1. The first-order chi connectivity index (χ1) is 17.0. The minimum atomic E-state index is -1.15. The minimum Gasteiger partial charge on any atom is -0.468 e. The average molecular weight is 514 g/mol. The fourth-order valence-corrected chi connectivity index (χ4v) is 3.10. The summed E-state index contributed by atoms with van der Waals surface area (Å²) in [6, 6.07) is -4.13. The highest BCUT2D eigenvalue weighted by Gasteiger charge is 2.33. The fraction of sp³-hybridized carbons (Fsp3) is 0.696. The van der Waals surface area contributed by atoms with E-state index in [1.165, 1.54) is 7.11 Å². The normalized spacial score (nSPS) is 25.3. The van der Waals surface area contributed by atoms with Crippen LogP contribution in [-0.2, 0) is 38.2 Å². The first kappa shape index (κ1) is 31.0. The second kappa shape index (κ2) is 15.9. The quantitative estimate of drug-likeness (QED) is 0.204. The number of hydrogen-bond acceptors (Lipinski definition) is 9. The summed E-state index contributed by atoms with van der Waals surface area (Å²) < 4.78 is 15.4. The Labute approximate surface area is 211 Å². The van der Waals surface area contributed by atoms with Crippen molar-refractivity contribution in [3.05, 3.63) is 12.2 Å². The highest BCUT2D eigenvalue weighted by molar-refractivity contribution is 5.95. The second-order valence-electron chi connectivity index (χ2n) is 8.97. The molecular formula is C23H39N5O8. The molecule has 0 fully saturated rings. The van der Waals surface area contributed by atoms with Crippen molar-refractivity contribution in [3.63, 3.8) is 0 Å². The van der Waals surface area contributed by atoms with Crippen LogP contribution in [-0.4, -0.2) is 93.8 Å². The third kappa shape index (κ3) is 10.7. The Bertz CT molecular complexity index is 801. The van der Waals surface area contributed by atoms with Gasteiger partial charge in [-0.3, -0.25) is 24.0 Å². The first-order valence-corrected chi connectivity index (χ1v) is 11.8. The zero-order chi connectivity index (χ0) is 27.3. The fourth-order valence-electron chi connectivity index (χ4n) is 3.10. The van der Waals surface area contributed by atoms with Gasteiger partial charge in [0, 0.05) is 0 Å². The number of esters is 1. The number of nitrogens with two attached hydrogens (primary N) is 1. The molecule has 36 heavy (non-hydrogen) atoms. The van der Waals surface area contributed by atoms with E-state index in [4.69, 9.17) is 15.2 Å². The number of hydrogen-bond donors (Lipinski definition) is 5. The van der Waals surface area contributed by atoms with Crippen molar-refractivity contribution in [2.75, 3.05) is 40.1 Å². The van der Waals surface area contributed by atoms with Gasteiger partial charge in [0.2, 0.25) is 23.6 Å². The lowest BCUT2D eigenvalue weighted by atomic mass is 9.99. The van der Waals surface area contributed by atoms with Crippen LogP contribution < -0.4 is 27.0 Å². The number of ether oxygens (including phenoxy) is 3. The van der Waals surface area contributed by atoms with Crippen molar-refractivity contribution in [1.29, 1.82) is 0 Å². The monoisotopic (exact) mass is 513 g/mol. The van der Waals surface area contributed by atoms with Gasteiger partial charge in [0.25, 0.3) is 0 Å². The molecule has 6 N–H and O–H groups in total. The largest absolute Gasteiger partial charge is 0.468 e. The van der Waals surface area contributed by atoms with Crippen LogP contribution in [0.15, 0.2) is 12.2 Å². The van der Waals surface area contributed by atoms with Gasteiger partial charge in [0.05, 0.1) is 33.5 Å². The number of methoxy groups -OCH3 is 1. The van der Waals surface area contributed by atoms with Gasteiger partial charge in [0.15, 0.2) is 0 Å². The molecule has 0 aromatic carbocycles. The van der Waals surface area contributed by atoms with E-state index >= 15 is 0 Å². The van der Waals surface area contributed by atoms with Crippen molar-refractivity contribution in [1.82, 2.24) is 21.3 Å². The van der Waals surface area contributed by atoms with E-state index in [0.717, 1.165) is 0 Å². The number of amides is 4. The Kier molecular flexibility index (Phi) is 13.7. The predicted octanol–water partition coefficient (Wildman–Crippen LogP) is -2.03. The molecule has 0 saturated heterocycles. The average Bonchev–Trinajstić information content (AvgIpc) is 2.83. The maximum absolute atomic E-state index is 13.1. The predicted molar refractivity (Wildman–Crippen MR) is 129 cm³/mol. The molecule has 0 bridgehead atoms. The molecule has 0 aliphatic carbocycles. The van der Waals surface area contributed by atoms with Crippen molar-refractivity contribution < 1.29 is 38.2 Å². The molecule has 0 aromatic heterocycles. The van der Waals surface area contributed by atoms with Crippen LogP contribution in [0.5, 0.6) is 0 Å². The van der Waals surface area contributed by atoms with Gasteiger partial charge < -0.3 is 41.2 Å². The summed E-state index contributed by atoms with van der Waals surface area (Å²) >= 11 is 0. The number of rotatable bonds is 5. The summed E-state index contributed by atoms with van der Waals surface area (Å²) in [4.78, 5) is 62.7. The molecule has 13 heteroatoms. The summed E-state index contributed by atoms with van der Waals surface area (Å²) in [6.45, 7) is 6.55. The number of nitrogens with one attached hydrogen (secondary N) is 4.